The van der Waals surface area contributed by atoms with Crippen LogP contribution in [0.25, 0.3) is 11.7 Å². The first-order valence-corrected chi connectivity index (χ1v) is 12.8. The molecule has 3 saturated heterocycles. The maximum absolute atomic E-state index is 13.6. The van der Waals surface area contributed by atoms with Crippen molar-refractivity contribution in [3.05, 3.63) is 44.7 Å². The number of rotatable bonds is 4. The number of amides is 1. The number of fused-ring (bicyclic) bond motifs is 1. The highest BCUT2D eigenvalue weighted by Gasteiger charge is 2.35. The van der Waals surface area contributed by atoms with Gasteiger partial charge in [-0.3, -0.25) is 18.9 Å². The minimum Gasteiger partial charge on any atom is -0.376 e. The van der Waals surface area contributed by atoms with Gasteiger partial charge in [-0.1, -0.05) is 37.0 Å². The van der Waals surface area contributed by atoms with Crippen molar-refractivity contribution in [1.82, 2.24) is 14.3 Å². The minimum atomic E-state index is -0.165. The van der Waals surface area contributed by atoms with Crippen LogP contribution in [0, 0.1) is 12.8 Å². The summed E-state index contributed by atoms with van der Waals surface area (Å²) >= 11 is 6.76. The molecule has 174 valence electrons. The molecule has 0 spiro atoms. The summed E-state index contributed by atoms with van der Waals surface area (Å²) in [7, 11) is 0. The summed E-state index contributed by atoms with van der Waals surface area (Å²) in [6.45, 7) is 7.09. The number of pyridine rings is 1. The van der Waals surface area contributed by atoms with Gasteiger partial charge in [0.1, 0.15) is 15.8 Å². The molecule has 0 radical (unpaired) electrons. The topological polar surface area (TPSA) is 67.2 Å². The molecule has 2 aromatic heterocycles. The SMILES string of the molecule is Cc1cccn2c(=O)c(/C=C3/SC(=S)N(C[C@H]4CCCO4)C3=O)c(N3CCC(C)CC3)nc12. The zero-order chi connectivity index (χ0) is 23.1. The van der Waals surface area contributed by atoms with Gasteiger partial charge in [-0.05, 0) is 56.2 Å². The third-order valence-corrected chi connectivity index (χ3v) is 8.08. The number of aromatic nitrogens is 2. The number of hydrogen-bond donors (Lipinski definition) is 0. The first kappa shape index (κ1) is 22.6. The van der Waals surface area contributed by atoms with Crippen LogP contribution in [0.1, 0.15) is 43.7 Å². The van der Waals surface area contributed by atoms with Crippen molar-refractivity contribution in [3.8, 4) is 0 Å². The van der Waals surface area contributed by atoms with Crippen LogP contribution < -0.4 is 10.5 Å². The van der Waals surface area contributed by atoms with Gasteiger partial charge in [0.15, 0.2) is 0 Å². The quantitative estimate of drug-likeness (QED) is 0.485. The molecular weight excluding hydrogens is 456 g/mol. The third-order valence-electron chi connectivity index (χ3n) is 6.71. The Bertz CT molecular complexity index is 1190. The zero-order valence-corrected chi connectivity index (χ0v) is 20.6. The van der Waals surface area contributed by atoms with Crippen LogP contribution in [0.4, 0.5) is 5.82 Å². The van der Waals surface area contributed by atoms with Crippen molar-refractivity contribution < 1.29 is 9.53 Å². The van der Waals surface area contributed by atoms with E-state index in [1.807, 2.05) is 19.1 Å². The van der Waals surface area contributed by atoms with E-state index in [1.165, 1.54) is 11.8 Å². The Morgan fingerprint density at radius 3 is 2.79 bits per heavy atom. The fourth-order valence-corrected chi connectivity index (χ4v) is 5.93. The number of aryl methyl sites for hydroxylation is 1. The standard InChI is InChI=1S/C24H28N4O3S2/c1-15-7-10-26(11-8-15)21-18(22(29)27-9-3-5-16(2)20(27)25-21)13-19-23(30)28(24(32)33-19)14-17-6-4-12-31-17/h3,5,9,13,15,17H,4,6-8,10-12,14H2,1-2H3/b19-13+/t17-/m1/s1. The first-order chi connectivity index (χ1) is 15.9. The smallest absolute Gasteiger partial charge is 0.267 e. The van der Waals surface area contributed by atoms with E-state index in [0.717, 1.165) is 50.9 Å². The van der Waals surface area contributed by atoms with Crippen LogP contribution in [0.15, 0.2) is 28.0 Å². The lowest BCUT2D eigenvalue weighted by molar-refractivity contribution is -0.123. The van der Waals surface area contributed by atoms with Crippen LogP contribution >= 0.6 is 24.0 Å². The summed E-state index contributed by atoms with van der Waals surface area (Å²) in [4.78, 5) is 36.0. The van der Waals surface area contributed by atoms with Gasteiger partial charge in [0.2, 0.25) is 0 Å². The molecule has 1 atom stereocenters. The van der Waals surface area contributed by atoms with E-state index < -0.39 is 0 Å². The Kier molecular flexibility index (Phi) is 6.28. The zero-order valence-electron chi connectivity index (χ0n) is 19.0. The van der Waals surface area contributed by atoms with Gasteiger partial charge in [-0.15, -0.1) is 0 Å². The molecule has 3 aliphatic rings. The number of hydrogen-bond acceptors (Lipinski definition) is 7. The largest absolute Gasteiger partial charge is 0.376 e. The summed E-state index contributed by atoms with van der Waals surface area (Å²) in [5.41, 5.74) is 1.88. The maximum Gasteiger partial charge on any atom is 0.267 e. The number of thiocarbonyl (C=S) groups is 1. The van der Waals surface area contributed by atoms with Crippen molar-refractivity contribution in [3.63, 3.8) is 0 Å². The van der Waals surface area contributed by atoms with E-state index in [0.29, 0.717) is 38.7 Å². The Morgan fingerprint density at radius 1 is 1.27 bits per heavy atom. The summed E-state index contributed by atoms with van der Waals surface area (Å²) in [5, 5.41) is 0. The van der Waals surface area contributed by atoms with Gasteiger partial charge < -0.3 is 9.64 Å². The lowest BCUT2D eigenvalue weighted by Gasteiger charge is -2.32. The van der Waals surface area contributed by atoms with Crippen LogP contribution in [0.3, 0.4) is 0 Å². The van der Waals surface area contributed by atoms with Crippen LogP contribution in [-0.2, 0) is 9.53 Å². The Morgan fingerprint density at radius 2 is 2.06 bits per heavy atom. The predicted octanol–water partition coefficient (Wildman–Crippen LogP) is 3.62. The molecule has 0 saturated carbocycles. The van der Waals surface area contributed by atoms with Crippen molar-refractivity contribution >= 4 is 51.7 Å². The van der Waals surface area contributed by atoms with Gasteiger partial charge in [0, 0.05) is 25.9 Å². The van der Waals surface area contributed by atoms with Gasteiger partial charge in [0.25, 0.3) is 11.5 Å². The molecule has 0 unspecified atom stereocenters. The van der Waals surface area contributed by atoms with Crippen LogP contribution in [-0.4, -0.2) is 56.9 Å². The monoisotopic (exact) mass is 484 g/mol. The van der Waals surface area contributed by atoms with E-state index in [9.17, 15) is 9.59 Å². The summed E-state index contributed by atoms with van der Waals surface area (Å²) < 4.78 is 7.79. The first-order valence-electron chi connectivity index (χ1n) is 11.6. The molecule has 7 nitrogen and oxygen atoms in total. The molecule has 5 rings (SSSR count). The fourth-order valence-electron chi connectivity index (χ4n) is 4.67. The molecule has 0 aromatic carbocycles. The number of carbonyl (C=O) groups excluding carboxylic acids is 1. The normalized spacial score (nSPS) is 23.5. The fraction of sp³-hybridized carbons (Fsp3) is 0.500. The highest BCUT2D eigenvalue weighted by atomic mass is 32.2. The predicted molar refractivity (Wildman–Crippen MR) is 136 cm³/mol. The second-order valence-electron chi connectivity index (χ2n) is 9.14. The van der Waals surface area contributed by atoms with E-state index >= 15 is 0 Å². The van der Waals surface area contributed by atoms with E-state index in [2.05, 4.69) is 11.8 Å². The number of carbonyl (C=O) groups is 1. The minimum absolute atomic E-state index is 0.0219. The molecule has 3 fully saturated rings. The number of piperidine rings is 1. The molecule has 0 N–H and O–H groups in total. The lowest BCUT2D eigenvalue weighted by Crippen LogP contribution is -2.36. The number of ether oxygens (including phenoxy) is 1. The van der Waals surface area contributed by atoms with E-state index in [4.69, 9.17) is 21.9 Å². The second-order valence-corrected chi connectivity index (χ2v) is 10.8. The molecule has 33 heavy (non-hydrogen) atoms. The third kappa shape index (κ3) is 4.34. The van der Waals surface area contributed by atoms with E-state index in [1.54, 1.807) is 21.6 Å². The summed E-state index contributed by atoms with van der Waals surface area (Å²) in [6.07, 6.45) is 7.50. The lowest BCUT2D eigenvalue weighted by atomic mass is 9.99. The molecule has 2 aromatic rings. The second kappa shape index (κ2) is 9.19. The molecule has 9 heteroatoms. The van der Waals surface area contributed by atoms with Crippen LogP contribution in [0.2, 0.25) is 0 Å². The van der Waals surface area contributed by atoms with Crippen molar-refractivity contribution in [2.75, 3.05) is 31.1 Å². The van der Waals surface area contributed by atoms with Gasteiger partial charge in [-0.2, -0.15) is 0 Å². The van der Waals surface area contributed by atoms with E-state index in [-0.39, 0.29) is 17.6 Å². The van der Waals surface area contributed by atoms with Crippen LogP contribution in [0.5, 0.6) is 0 Å². The molecule has 0 aliphatic carbocycles. The molecular formula is C24H28N4O3S2. The Labute approximate surface area is 202 Å². The Hall–Kier alpha value is -2.23. The summed E-state index contributed by atoms with van der Waals surface area (Å²) in [5.74, 6) is 1.15. The maximum atomic E-state index is 13.6. The van der Waals surface area contributed by atoms with Crippen molar-refractivity contribution in [2.24, 2.45) is 5.92 Å². The number of nitrogens with zero attached hydrogens (tertiary/aromatic N) is 4. The van der Waals surface area contributed by atoms with Gasteiger partial charge in [-0.25, -0.2) is 4.98 Å². The van der Waals surface area contributed by atoms with Gasteiger partial charge in [0.05, 0.1) is 23.1 Å². The highest BCUT2D eigenvalue weighted by Crippen LogP contribution is 2.35. The molecule has 3 aliphatic heterocycles. The molecule has 5 heterocycles. The molecule has 1 amide bonds. The Balaban J connectivity index is 1.56. The van der Waals surface area contributed by atoms with Crippen molar-refractivity contribution in [2.45, 2.75) is 45.6 Å². The van der Waals surface area contributed by atoms with Crippen molar-refractivity contribution in [1.29, 1.82) is 0 Å². The number of thioether (sulfide) groups is 1. The number of anilines is 1. The average molecular weight is 485 g/mol. The average Bonchev–Trinajstić information content (AvgIpc) is 3.41. The molecule has 0 bridgehead atoms. The van der Waals surface area contributed by atoms with Gasteiger partial charge >= 0.3 is 0 Å². The summed E-state index contributed by atoms with van der Waals surface area (Å²) in [6, 6.07) is 3.80. The highest BCUT2D eigenvalue weighted by molar-refractivity contribution is 8.26.